The second-order valence-corrected chi connectivity index (χ2v) is 6.85. The molecule has 1 aliphatic rings. The monoisotopic (exact) mass is 376 g/mol. The number of anilines is 1. The van der Waals surface area contributed by atoms with Gasteiger partial charge in [0.05, 0.1) is 24.6 Å². The molecule has 0 aliphatic carbocycles. The Hall–Kier alpha value is -3.26. The first-order valence-electron chi connectivity index (χ1n) is 9.28. The Balaban J connectivity index is 1.81. The molecule has 0 amide bonds. The van der Waals surface area contributed by atoms with Crippen LogP contribution in [0.3, 0.4) is 0 Å². The van der Waals surface area contributed by atoms with Gasteiger partial charge in [-0.25, -0.2) is 4.98 Å². The van der Waals surface area contributed by atoms with E-state index in [1.54, 1.807) is 12.4 Å². The van der Waals surface area contributed by atoms with Crippen LogP contribution in [0.25, 0.3) is 33.4 Å². The van der Waals surface area contributed by atoms with E-state index in [0.717, 1.165) is 63.8 Å². The third-order valence-electron chi connectivity index (χ3n) is 5.11. The van der Waals surface area contributed by atoms with Crippen molar-refractivity contribution < 1.29 is 9.26 Å². The molecule has 0 atom stereocenters. The third-order valence-corrected chi connectivity index (χ3v) is 5.11. The fraction of sp³-hybridized carbons (Fsp3) is 0.300. The van der Waals surface area contributed by atoms with E-state index in [-0.39, 0.29) is 0 Å². The number of fused-ring (bicyclic) bond motifs is 1. The van der Waals surface area contributed by atoms with E-state index in [2.05, 4.69) is 31.3 Å². The lowest BCUT2D eigenvalue weighted by atomic mass is 9.99. The van der Waals surface area contributed by atoms with Crippen molar-refractivity contribution in [1.82, 2.24) is 25.3 Å². The number of nitrogens with one attached hydrogen (secondary N) is 1. The van der Waals surface area contributed by atoms with Gasteiger partial charge in [0.1, 0.15) is 22.8 Å². The van der Waals surface area contributed by atoms with Crippen LogP contribution in [0.15, 0.2) is 35.1 Å². The molecule has 0 bridgehead atoms. The fourth-order valence-corrected chi connectivity index (χ4v) is 3.75. The topological polar surface area (TPSA) is 93.0 Å². The number of nitrogens with zero attached hydrogens (tertiary/aromatic N) is 5. The first-order chi connectivity index (χ1) is 13.7. The van der Waals surface area contributed by atoms with Gasteiger partial charge in [-0.1, -0.05) is 5.16 Å². The number of rotatable bonds is 3. The minimum atomic E-state index is 0.695. The van der Waals surface area contributed by atoms with Crippen molar-refractivity contribution >= 4 is 16.7 Å². The summed E-state index contributed by atoms with van der Waals surface area (Å²) in [6.07, 6.45) is 3.52. The van der Waals surface area contributed by atoms with Gasteiger partial charge in [0.25, 0.3) is 0 Å². The highest BCUT2D eigenvalue weighted by Crippen LogP contribution is 2.37. The van der Waals surface area contributed by atoms with Crippen molar-refractivity contribution in [2.45, 2.75) is 13.8 Å². The van der Waals surface area contributed by atoms with Crippen molar-refractivity contribution in [3.05, 3.63) is 42.0 Å². The van der Waals surface area contributed by atoms with E-state index in [9.17, 15) is 0 Å². The molecule has 5 rings (SSSR count). The molecule has 1 saturated heterocycles. The Labute approximate surface area is 161 Å². The number of aryl methyl sites for hydroxylation is 2. The van der Waals surface area contributed by atoms with Crippen molar-refractivity contribution in [3.63, 3.8) is 0 Å². The van der Waals surface area contributed by atoms with Crippen molar-refractivity contribution in [2.75, 3.05) is 31.2 Å². The lowest BCUT2D eigenvalue weighted by Crippen LogP contribution is -2.36. The summed E-state index contributed by atoms with van der Waals surface area (Å²) in [7, 11) is 0. The molecule has 1 aliphatic heterocycles. The third kappa shape index (κ3) is 2.73. The van der Waals surface area contributed by atoms with Crippen LogP contribution in [-0.2, 0) is 4.74 Å². The van der Waals surface area contributed by atoms with Crippen molar-refractivity contribution in [1.29, 1.82) is 0 Å². The second-order valence-electron chi connectivity index (χ2n) is 6.85. The van der Waals surface area contributed by atoms with E-state index >= 15 is 0 Å². The largest absolute Gasteiger partial charge is 0.378 e. The van der Waals surface area contributed by atoms with Gasteiger partial charge < -0.3 is 14.2 Å². The van der Waals surface area contributed by atoms with Crippen LogP contribution in [0, 0.1) is 13.8 Å². The van der Waals surface area contributed by atoms with Crippen LogP contribution >= 0.6 is 0 Å². The highest BCUT2D eigenvalue weighted by molar-refractivity contribution is 6.02. The normalized spacial score (nSPS) is 14.7. The van der Waals surface area contributed by atoms with E-state index in [4.69, 9.17) is 14.2 Å². The first kappa shape index (κ1) is 16.9. The molecular formula is C20H20N6O2. The van der Waals surface area contributed by atoms with E-state index in [0.29, 0.717) is 13.2 Å². The summed E-state index contributed by atoms with van der Waals surface area (Å²) in [5, 5.41) is 12.2. The Bertz CT molecular complexity index is 1110. The van der Waals surface area contributed by atoms with E-state index < -0.39 is 0 Å². The van der Waals surface area contributed by atoms with Crippen LogP contribution in [0.1, 0.15) is 11.5 Å². The van der Waals surface area contributed by atoms with Gasteiger partial charge >= 0.3 is 0 Å². The molecule has 4 aromatic heterocycles. The van der Waals surface area contributed by atoms with Crippen molar-refractivity contribution in [2.24, 2.45) is 0 Å². The molecule has 5 heterocycles. The Kier molecular flexibility index (Phi) is 4.05. The quantitative estimate of drug-likeness (QED) is 0.587. The lowest BCUT2D eigenvalue weighted by Gasteiger charge is -2.28. The average molecular weight is 376 g/mol. The summed E-state index contributed by atoms with van der Waals surface area (Å²) in [6, 6.07) is 6.02. The van der Waals surface area contributed by atoms with Gasteiger partial charge in [0, 0.05) is 42.0 Å². The van der Waals surface area contributed by atoms with Gasteiger partial charge in [-0.2, -0.15) is 5.10 Å². The Morgan fingerprint density at radius 1 is 1.11 bits per heavy atom. The van der Waals surface area contributed by atoms with Crippen LogP contribution in [0.5, 0.6) is 0 Å². The number of hydrogen-bond donors (Lipinski definition) is 1. The molecule has 0 spiro atoms. The summed E-state index contributed by atoms with van der Waals surface area (Å²) >= 11 is 0. The summed E-state index contributed by atoms with van der Waals surface area (Å²) in [5.74, 6) is 1.69. The number of H-pyrrole nitrogens is 1. The maximum Gasteiger partial charge on any atom is 0.141 e. The molecule has 0 radical (unpaired) electrons. The highest BCUT2D eigenvalue weighted by atomic mass is 16.5. The summed E-state index contributed by atoms with van der Waals surface area (Å²) in [4.78, 5) is 11.8. The fourth-order valence-electron chi connectivity index (χ4n) is 3.75. The first-order valence-corrected chi connectivity index (χ1v) is 9.28. The van der Waals surface area contributed by atoms with Gasteiger partial charge in [0.15, 0.2) is 0 Å². The predicted molar refractivity (Wildman–Crippen MR) is 105 cm³/mol. The van der Waals surface area contributed by atoms with Gasteiger partial charge in [-0.05, 0) is 32.0 Å². The summed E-state index contributed by atoms with van der Waals surface area (Å²) in [6.45, 7) is 6.90. The number of morpholine rings is 1. The Morgan fingerprint density at radius 3 is 2.68 bits per heavy atom. The minimum absolute atomic E-state index is 0.695. The number of hydrogen-bond acceptors (Lipinski definition) is 7. The zero-order valence-electron chi connectivity index (χ0n) is 15.8. The second kappa shape index (κ2) is 6.72. The number of aromatic nitrogens is 5. The predicted octanol–water partition coefficient (Wildman–Crippen LogP) is 3.13. The number of aromatic amines is 1. The van der Waals surface area contributed by atoms with Crippen LogP contribution in [0.2, 0.25) is 0 Å². The summed E-state index contributed by atoms with van der Waals surface area (Å²) < 4.78 is 11.0. The zero-order valence-corrected chi connectivity index (χ0v) is 15.8. The molecule has 142 valence electrons. The number of ether oxygens (including phenoxy) is 1. The SMILES string of the molecule is Cc1noc(C)c1-c1cc(N2CCOCC2)nc2c(-c3ccn[nH]3)nccc12. The molecular weight excluding hydrogens is 356 g/mol. The van der Waals surface area contributed by atoms with Gasteiger partial charge in [-0.3, -0.25) is 10.1 Å². The standard InChI is InChI=1S/C20H20N6O2/c1-12-18(13(2)28-25-12)15-11-17(26-7-9-27-10-8-26)23-19-14(15)3-5-21-20(19)16-4-6-22-24-16/h3-6,11H,7-10H2,1-2H3,(H,22,24). The van der Waals surface area contributed by atoms with Crippen LogP contribution in [-0.4, -0.2) is 51.6 Å². The number of pyridine rings is 2. The Morgan fingerprint density at radius 2 is 1.96 bits per heavy atom. The maximum atomic E-state index is 5.51. The van der Waals surface area contributed by atoms with Crippen LogP contribution < -0.4 is 4.90 Å². The molecule has 0 aromatic carbocycles. The molecule has 0 unspecified atom stereocenters. The van der Waals surface area contributed by atoms with Gasteiger partial charge in [0.2, 0.25) is 0 Å². The minimum Gasteiger partial charge on any atom is -0.378 e. The molecule has 4 aromatic rings. The molecule has 0 saturated carbocycles. The molecule has 1 fully saturated rings. The maximum absolute atomic E-state index is 5.51. The molecule has 1 N–H and O–H groups in total. The van der Waals surface area contributed by atoms with E-state index in [1.165, 1.54) is 0 Å². The summed E-state index contributed by atoms with van der Waals surface area (Å²) in [5.41, 5.74) is 5.35. The highest BCUT2D eigenvalue weighted by Gasteiger charge is 2.21. The zero-order chi connectivity index (χ0) is 19.1. The van der Waals surface area contributed by atoms with Crippen LogP contribution in [0.4, 0.5) is 5.82 Å². The molecule has 28 heavy (non-hydrogen) atoms. The average Bonchev–Trinajstić information content (AvgIpc) is 3.37. The van der Waals surface area contributed by atoms with Crippen molar-refractivity contribution in [3.8, 4) is 22.5 Å². The van der Waals surface area contributed by atoms with E-state index in [1.807, 2.05) is 26.0 Å². The van der Waals surface area contributed by atoms with Gasteiger partial charge in [-0.15, -0.1) is 0 Å². The molecule has 8 nitrogen and oxygen atoms in total. The lowest BCUT2D eigenvalue weighted by molar-refractivity contribution is 0.122. The smallest absolute Gasteiger partial charge is 0.141 e. The molecule has 8 heteroatoms.